The molecule has 0 amide bonds. The van der Waals surface area contributed by atoms with Gasteiger partial charge in [0.2, 0.25) is 10.0 Å². The van der Waals surface area contributed by atoms with Crippen LogP contribution in [0.25, 0.3) is 0 Å². The zero-order valence-electron chi connectivity index (χ0n) is 13.9. The first-order valence-corrected chi connectivity index (χ1v) is 9.79. The number of sulfonamides is 1. The fourth-order valence-corrected chi connectivity index (χ4v) is 3.69. The average Bonchev–Trinajstić information content (AvgIpc) is 3.04. The Morgan fingerprint density at radius 1 is 1.15 bits per heavy atom. The largest absolute Gasteiger partial charge is 0.263 e. The van der Waals surface area contributed by atoms with Gasteiger partial charge in [-0.2, -0.15) is 5.10 Å². The van der Waals surface area contributed by atoms with E-state index in [2.05, 4.69) is 19.9 Å². The third-order valence-corrected chi connectivity index (χ3v) is 5.43. The van der Waals surface area contributed by atoms with Crippen LogP contribution in [0, 0.1) is 11.6 Å². The summed E-state index contributed by atoms with van der Waals surface area (Å²) in [5.41, 5.74) is 0.742. The minimum Gasteiger partial charge on any atom is -0.263 e. The van der Waals surface area contributed by atoms with Gasteiger partial charge in [0.1, 0.15) is 17.5 Å². The van der Waals surface area contributed by atoms with Gasteiger partial charge in [-0.25, -0.2) is 26.9 Å². The standard InChI is InChI=1S/C17H15ClF2N4O2S/c18-14-10-13(4-5-15(14)20)27(25,26)21-7-6-16-22-17(24-23-16)9-11-2-1-3-12(19)8-11/h1-5,8,10,21H,6-7,9H2,(H,22,23,24). The first-order valence-electron chi connectivity index (χ1n) is 7.93. The van der Waals surface area contributed by atoms with Crippen LogP contribution < -0.4 is 4.72 Å². The molecular formula is C17H15ClF2N4O2S. The Hall–Kier alpha value is -2.36. The molecule has 0 spiro atoms. The van der Waals surface area contributed by atoms with E-state index >= 15 is 0 Å². The molecule has 1 aromatic heterocycles. The van der Waals surface area contributed by atoms with Crippen molar-refractivity contribution in [3.05, 3.63) is 76.3 Å². The number of benzene rings is 2. The summed E-state index contributed by atoms with van der Waals surface area (Å²) >= 11 is 5.61. The molecule has 3 rings (SSSR count). The number of halogens is 3. The van der Waals surface area contributed by atoms with E-state index in [1.807, 2.05) is 0 Å². The van der Waals surface area contributed by atoms with Crippen molar-refractivity contribution in [2.24, 2.45) is 0 Å². The predicted molar refractivity (Wildman–Crippen MR) is 95.9 cm³/mol. The second-order valence-electron chi connectivity index (χ2n) is 5.73. The minimum atomic E-state index is -3.82. The Balaban J connectivity index is 1.57. The molecular weight excluding hydrogens is 398 g/mol. The van der Waals surface area contributed by atoms with Crippen molar-refractivity contribution >= 4 is 21.6 Å². The summed E-state index contributed by atoms with van der Waals surface area (Å²) in [5.74, 6) is -0.0604. The summed E-state index contributed by atoms with van der Waals surface area (Å²) in [6.07, 6.45) is 0.623. The molecule has 2 aromatic carbocycles. The first-order chi connectivity index (χ1) is 12.8. The van der Waals surface area contributed by atoms with Gasteiger partial charge >= 0.3 is 0 Å². The van der Waals surface area contributed by atoms with Gasteiger partial charge in [0.15, 0.2) is 5.82 Å². The van der Waals surface area contributed by atoms with Crippen LogP contribution in [0.15, 0.2) is 47.4 Å². The maximum absolute atomic E-state index is 13.2. The molecule has 0 saturated heterocycles. The smallest absolute Gasteiger partial charge is 0.240 e. The van der Waals surface area contributed by atoms with Crippen LogP contribution in [0.4, 0.5) is 8.78 Å². The molecule has 0 aliphatic heterocycles. The van der Waals surface area contributed by atoms with Crippen molar-refractivity contribution < 1.29 is 17.2 Å². The highest BCUT2D eigenvalue weighted by Gasteiger charge is 2.16. The highest BCUT2D eigenvalue weighted by molar-refractivity contribution is 7.89. The van der Waals surface area contributed by atoms with Gasteiger partial charge in [-0.3, -0.25) is 5.10 Å². The lowest BCUT2D eigenvalue weighted by molar-refractivity contribution is 0.580. The topological polar surface area (TPSA) is 87.7 Å². The lowest BCUT2D eigenvalue weighted by Gasteiger charge is -2.06. The van der Waals surface area contributed by atoms with Gasteiger partial charge in [0.25, 0.3) is 0 Å². The summed E-state index contributed by atoms with van der Waals surface area (Å²) in [5, 5.41) is 6.49. The monoisotopic (exact) mass is 412 g/mol. The fraction of sp³-hybridized carbons (Fsp3) is 0.176. The Morgan fingerprint density at radius 3 is 2.70 bits per heavy atom. The van der Waals surface area contributed by atoms with E-state index in [9.17, 15) is 17.2 Å². The summed E-state index contributed by atoms with van der Waals surface area (Å²) in [6, 6.07) is 9.31. The number of H-pyrrole nitrogens is 1. The summed E-state index contributed by atoms with van der Waals surface area (Å²) in [7, 11) is -3.82. The van der Waals surface area contributed by atoms with Gasteiger partial charge in [0, 0.05) is 19.4 Å². The van der Waals surface area contributed by atoms with Gasteiger partial charge in [-0.15, -0.1) is 0 Å². The lowest BCUT2D eigenvalue weighted by atomic mass is 10.1. The van der Waals surface area contributed by atoms with E-state index in [0.29, 0.717) is 18.1 Å². The zero-order valence-corrected chi connectivity index (χ0v) is 15.5. The third kappa shape index (κ3) is 5.09. The number of nitrogens with zero attached hydrogens (tertiary/aromatic N) is 2. The molecule has 0 radical (unpaired) electrons. The first kappa shape index (κ1) is 19.4. The minimum absolute atomic E-state index is 0.0502. The van der Waals surface area contributed by atoms with Gasteiger partial charge in [0.05, 0.1) is 9.92 Å². The summed E-state index contributed by atoms with van der Waals surface area (Å²) in [4.78, 5) is 4.13. The molecule has 0 aliphatic rings. The molecule has 0 aliphatic carbocycles. The summed E-state index contributed by atoms with van der Waals surface area (Å²) < 4.78 is 53.1. The number of rotatable bonds is 7. The van der Waals surface area contributed by atoms with Crippen LogP contribution in [0.1, 0.15) is 17.2 Å². The normalized spacial score (nSPS) is 11.7. The molecule has 0 atom stereocenters. The Morgan fingerprint density at radius 2 is 1.96 bits per heavy atom. The molecule has 1 heterocycles. The number of hydrogen-bond donors (Lipinski definition) is 2. The van der Waals surface area contributed by atoms with E-state index in [1.54, 1.807) is 12.1 Å². The molecule has 0 saturated carbocycles. The van der Waals surface area contributed by atoms with Crippen molar-refractivity contribution in [2.45, 2.75) is 17.7 Å². The van der Waals surface area contributed by atoms with Crippen molar-refractivity contribution in [3.8, 4) is 0 Å². The van der Waals surface area contributed by atoms with Crippen LogP contribution in [0.2, 0.25) is 5.02 Å². The average molecular weight is 413 g/mol. The van der Waals surface area contributed by atoms with Gasteiger partial charge < -0.3 is 0 Å². The Kier molecular flexibility index (Phi) is 5.83. The molecule has 0 unspecified atom stereocenters. The molecule has 10 heteroatoms. The third-order valence-electron chi connectivity index (χ3n) is 3.68. The Bertz CT molecular complexity index is 1060. The second-order valence-corrected chi connectivity index (χ2v) is 7.90. The fourth-order valence-electron chi connectivity index (χ4n) is 2.39. The SMILES string of the molecule is O=S(=O)(NCCc1n[nH]c(Cc2cccc(F)c2)n1)c1ccc(F)c(Cl)c1. The van der Waals surface area contributed by atoms with Crippen molar-refractivity contribution in [1.29, 1.82) is 0 Å². The zero-order chi connectivity index (χ0) is 19.4. The van der Waals surface area contributed by atoms with Crippen molar-refractivity contribution in [2.75, 3.05) is 6.54 Å². The van der Waals surface area contributed by atoms with Crippen LogP contribution in [-0.4, -0.2) is 30.1 Å². The van der Waals surface area contributed by atoms with Gasteiger partial charge in [-0.1, -0.05) is 23.7 Å². The van der Waals surface area contributed by atoms with Crippen LogP contribution in [0.3, 0.4) is 0 Å². The number of aromatic nitrogens is 3. The number of hydrogen-bond acceptors (Lipinski definition) is 4. The molecule has 0 bridgehead atoms. The van der Waals surface area contributed by atoms with Gasteiger partial charge in [-0.05, 0) is 35.9 Å². The van der Waals surface area contributed by atoms with Crippen LogP contribution in [-0.2, 0) is 22.9 Å². The van der Waals surface area contributed by atoms with Crippen molar-refractivity contribution in [1.82, 2.24) is 19.9 Å². The molecule has 0 fully saturated rings. The van der Waals surface area contributed by atoms with E-state index in [4.69, 9.17) is 11.6 Å². The number of aromatic amines is 1. The molecule has 3 aromatic rings. The van der Waals surface area contributed by atoms with Crippen LogP contribution in [0.5, 0.6) is 0 Å². The quantitative estimate of drug-likeness (QED) is 0.624. The Labute approximate surface area is 159 Å². The molecule has 2 N–H and O–H groups in total. The maximum Gasteiger partial charge on any atom is 0.240 e. The predicted octanol–water partition coefficient (Wildman–Crippen LogP) is 2.85. The van der Waals surface area contributed by atoms with E-state index in [-0.39, 0.29) is 28.7 Å². The van der Waals surface area contributed by atoms with E-state index in [0.717, 1.165) is 23.8 Å². The number of nitrogens with one attached hydrogen (secondary N) is 2. The second kappa shape index (κ2) is 8.12. The van der Waals surface area contributed by atoms with Crippen molar-refractivity contribution in [3.63, 3.8) is 0 Å². The molecule has 6 nitrogen and oxygen atoms in total. The highest BCUT2D eigenvalue weighted by Crippen LogP contribution is 2.19. The highest BCUT2D eigenvalue weighted by atomic mass is 35.5. The van der Waals surface area contributed by atoms with E-state index in [1.165, 1.54) is 12.1 Å². The lowest BCUT2D eigenvalue weighted by Crippen LogP contribution is -2.26. The maximum atomic E-state index is 13.2. The molecule has 27 heavy (non-hydrogen) atoms. The van der Waals surface area contributed by atoms with E-state index < -0.39 is 15.8 Å². The molecule has 142 valence electrons. The summed E-state index contributed by atoms with van der Waals surface area (Å²) in [6.45, 7) is 0.0502. The van der Waals surface area contributed by atoms with Crippen LogP contribution >= 0.6 is 11.6 Å².